The minimum atomic E-state index is -0.259. The SMILES string of the molecule is CN(C(=O)Nc1ccc2c(c1)ncn2-c1cscn1)c1ccc(CO)cc1. The first-order valence-electron chi connectivity index (χ1n) is 8.26. The zero-order chi connectivity index (χ0) is 18.8. The van der Waals surface area contributed by atoms with Crippen molar-refractivity contribution in [3.05, 3.63) is 65.2 Å². The van der Waals surface area contributed by atoms with E-state index in [0.29, 0.717) is 5.69 Å². The number of benzene rings is 2. The average molecular weight is 379 g/mol. The zero-order valence-corrected chi connectivity index (χ0v) is 15.3. The molecule has 0 atom stereocenters. The number of urea groups is 1. The van der Waals surface area contributed by atoms with Crippen LogP contribution < -0.4 is 10.2 Å². The highest BCUT2D eigenvalue weighted by atomic mass is 32.1. The van der Waals surface area contributed by atoms with Gasteiger partial charge in [0.05, 0.1) is 23.2 Å². The molecule has 2 aromatic carbocycles. The van der Waals surface area contributed by atoms with Gasteiger partial charge in [0, 0.05) is 23.8 Å². The molecule has 2 heterocycles. The third kappa shape index (κ3) is 3.40. The van der Waals surface area contributed by atoms with Crippen molar-refractivity contribution in [3.63, 3.8) is 0 Å². The van der Waals surface area contributed by atoms with E-state index in [-0.39, 0.29) is 12.6 Å². The molecule has 0 aliphatic carbocycles. The van der Waals surface area contributed by atoms with Gasteiger partial charge in [-0.3, -0.25) is 9.47 Å². The Morgan fingerprint density at radius 3 is 2.74 bits per heavy atom. The first-order chi connectivity index (χ1) is 13.2. The molecular weight excluding hydrogens is 362 g/mol. The molecule has 0 saturated heterocycles. The largest absolute Gasteiger partial charge is 0.392 e. The fourth-order valence-corrected chi connectivity index (χ4v) is 3.27. The molecule has 0 spiro atoms. The summed E-state index contributed by atoms with van der Waals surface area (Å²) < 4.78 is 1.91. The van der Waals surface area contributed by atoms with E-state index in [1.165, 1.54) is 16.2 Å². The Morgan fingerprint density at radius 2 is 2.04 bits per heavy atom. The summed E-state index contributed by atoms with van der Waals surface area (Å²) in [4.78, 5) is 22.7. The predicted octanol–water partition coefficient (Wildman–Crippen LogP) is 3.64. The van der Waals surface area contributed by atoms with Crippen molar-refractivity contribution in [1.82, 2.24) is 14.5 Å². The summed E-state index contributed by atoms with van der Waals surface area (Å²) >= 11 is 1.53. The second-order valence-corrected chi connectivity index (χ2v) is 6.70. The smallest absolute Gasteiger partial charge is 0.326 e. The molecule has 0 radical (unpaired) electrons. The lowest BCUT2D eigenvalue weighted by Gasteiger charge is -2.18. The molecular formula is C19H17N5O2S. The topological polar surface area (TPSA) is 83.3 Å². The van der Waals surface area contributed by atoms with Crippen molar-refractivity contribution in [2.75, 3.05) is 17.3 Å². The lowest BCUT2D eigenvalue weighted by Crippen LogP contribution is -2.31. The number of nitrogens with zero attached hydrogens (tertiary/aromatic N) is 4. The van der Waals surface area contributed by atoms with E-state index >= 15 is 0 Å². The highest BCUT2D eigenvalue weighted by molar-refractivity contribution is 7.07. The Hall–Kier alpha value is -3.23. The van der Waals surface area contributed by atoms with Gasteiger partial charge in [0.1, 0.15) is 12.1 Å². The molecule has 2 amide bonds. The summed E-state index contributed by atoms with van der Waals surface area (Å²) in [5, 5.41) is 13.9. The second kappa shape index (κ2) is 7.18. The molecule has 0 aliphatic heterocycles. The van der Waals surface area contributed by atoms with Crippen LogP contribution in [0.15, 0.2) is 59.7 Å². The van der Waals surface area contributed by atoms with Crippen molar-refractivity contribution in [2.24, 2.45) is 0 Å². The number of aromatic nitrogens is 3. The third-order valence-electron chi connectivity index (χ3n) is 4.28. The minimum absolute atomic E-state index is 0.0241. The Morgan fingerprint density at radius 1 is 1.22 bits per heavy atom. The number of nitrogens with one attached hydrogen (secondary N) is 1. The lowest BCUT2D eigenvalue weighted by molar-refractivity contribution is 0.258. The summed E-state index contributed by atoms with van der Waals surface area (Å²) in [5.41, 5.74) is 5.67. The van der Waals surface area contributed by atoms with Crippen LogP contribution in [0, 0.1) is 0 Å². The van der Waals surface area contributed by atoms with E-state index in [2.05, 4.69) is 15.3 Å². The number of imidazole rings is 1. The van der Waals surface area contributed by atoms with E-state index in [4.69, 9.17) is 5.11 Å². The van der Waals surface area contributed by atoms with E-state index in [1.807, 2.05) is 28.1 Å². The molecule has 2 N–H and O–H groups in total. The number of amides is 2. The Kier molecular flexibility index (Phi) is 4.57. The highest BCUT2D eigenvalue weighted by Gasteiger charge is 2.13. The van der Waals surface area contributed by atoms with Crippen LogP contribution in [0.3, 0.4) is 0 Å². The van der Waals surface area contributed by atoms with Gasteiger partial charge in [0.15, 0.2) is 0 Å². The van der Waals surface area contributed by atoms with Gasteiger partial charge in [-0.2, -0.15) is 0 Å². The number of hydrogen-bond donors (Lipinski definition) is 2. The van der Waals surface area contributed by atoms with Crippen LogP contribution in [-0.2, 0) is 6.61 Å². The molecule has 27 heavy (non-hydrogen) atoms. The standard InChI is InChI=1S/C19H17N5O2S/c1-23(15-5-2-13(9-25)3-6-15)19(26)22-14-4-7-17-16(8-14)20-11-24(17)18-10-27-12-21-18/h2-8,10-12,25H,9H2,1H3,(H,22,26). The normalized spacial score (nSPS) is 10.9. The molecule has 0 bridgehead atoms. The minimum Gasteiger partial charge on any atom is -0.392 e. The summed E-state index contributed by atoms with van der Waals surface area (Å²) in [6.45, 7) is -0.0241. The van der Waals surface area contributed by atoms with Gasteiger partial charge in [-0.1, -0.05) is 12.1 Å². The van der Waals surface area contributed by atoms with Gasteiger partial charge >= 0.3 is 6.03 Å². The maximum absolute atomic E-state index is 12.5. The second-order valence-electron chi connectivity index (χ2n) is 5.98. The summed E-state index contributed by atoms with van der Waals surface area (Å²) in [6.07, 6.45) is 1.72. The number of aliphatic hydroxyl groups is 1. The van der Waals surface area contributed by atoms with E-state index in [1.54, 1.807) is 43.2 Å². The van der Waals surface area contributed by atoms with Gasteiger partial charge in [-0.25, -0.2) is 14.8 Å². The lowest BCUT2D eigenvalue weighted by atomic mass is 10.2. The molecule has 136 valence electrons. The molecule has 4 aromatic rings. The van der Waals surface area contributed by atoms with Crippen LogP contribution in [0.25, 0.3) is 16.9 Å². The molecule has 7 nitrogen and oxygen atoms in total. The van der Waals surface area contributed by atoms with Crippen molar-refractivity contribution >= 4 is 39.8 Å². The van der Waals surface area contributed by atoms with E-state index < -0.39 is 0 Å². The zero-order valence-electron chi connectivity index (χ0n) is 14.5. The summed E-state index contributed by atoms with van der Waals surface area (Å²) in [5.74, 6) is 0.824. The number of hydrogen-bond acceptors (Lipinski definition) is 5. The summed E-state index contributed by atoms with van der Waals surface area (Å²) in [7, 11) is 1.69. The van der Waals surface area contributed by atoms with Crippen molar-refractivity contribution in [3.8, 4) is 5.82 Å². The van der Waals surface area contributed by atoms with Crippen molar-refractivity contribution in [2.45, 2.75) is 6.61 Å². The number of rotatable bonds is 4. The molecule has 4 rings (SSSR count). The van der Waals surface area contributed by atoms with Crippen molar-refractivity contribution in [1.29, 1.82) is 0 Å². The van der Waals surface area contributed by atoms with Crippen LogP contribution in [0.2, 0.25) is 0 Å². The number of anilines is 2. The number of carbonyl (C=O) groups excluding carboxylic acids is 1. The van der Waals surface area contributed by atoms with Gasteiger partial charge in [0.2, 0.25) is 0 Å². The van der Waals surface area contributed by atoms with Gasteiger partial charge < -0.3 is 10.4 Å². The average Bonchev–Trinajstić information content (AvgIpc) is 3.36. The monoisotopic (exact) mass is 379 g/mol. The first kappa shape index (κ1) is 17.2. The Bertz CT molecular complexity index is 1070. The van der Waals surface area contributed by atoms with Crippen LogP contribution in [0.4, 0.5) is 16.2 Å². The van der Waals surface area contributed by atoms with Gasteiger partial charge in [0.25, 0.3) is 0 Å². The van der Waals surface area contributed by atoms with Crippen LogP contribution >= 0.6 is 11.3 Å². The number of thiazole rings is 1. The molecule has 0 aliphatic rings. The molecule has 0 unspecified atom stereocenters. The number of aliphatic hydroxyl groups excluding tert-OH is 1. The third-order valence-corrected chi connectivity index (χ3v) is 4.85. The van der Waals surface area contributed by atoms with Crippen LogP contribution in [-0.4, -0.2) is 32.7 Å². The quantitative estimate of drug-likeness (QED) is 0.567. The molecule has 8 heteroatoms. The van der Waals surface area contributed by atoms with Gasteiger partial charge in [-0.15, -0.1) is 11.3 Å². The van der Waals surface area contributed by atoms with E-state index in [0.717, 1.165) is 28.1 Å². The van der Waals surface area contributed by atoms with Crippen molar-refractivity contribution < 1.29 is 9.90 Å². The highest BCUT2D eigenvalue weighted by Crippen LogP contribution is 2.22. The summed E-state index contributed by atoms with van der Waals surface area (Å²) in [6, 6.07) is 12.5. The van der Waals surface area contributed by atoms with Gasteiger partial charge in [-0.05, 0) is 35.9 Å². The molecule has 0 fully saturated rings. The Balaban J connectivity index is 1.53. The fourth-order valence-electron chi connectivity index (χ4n) is 2.75. The Labute approximate surface area is 159 Å². The van der Waals surface area contributed by atoms with Crippen LogP contribution in [0.1, 0.15) is 5.56 Å². The maximum Gasteiger partial charge on any atom is 0.326 e. The first-order valence-corrected chi connectivity index (χ1v) is 9.20. The van der Waals surface area contributed by atoms with Crippen LogP contribution in [0.5, 0.6) is 0 Å². The number of fused-ring (bicyclic) bond motifs is 1. The molecule has 0 saturated carbocycles. The number of carbonyl (C=O) groups is 1. The predicted molar refractivity (Wildman–Crippen MR) is 107 cm³/mol. The van der Waals surface area contributed by atoms with E-state index in [9.17, 15) is 4.79 Å². The maximum atomic E-state index is 12.5. The molecule has 2 aromatic heterocycles. The fraction of sp³-hybridized carbons (Fsp3) is 0.105.